The maximum atomic E-state index is 14.0. The highest BCUT2D eigenvalue weighted by atomic mass is 19.4. The van der Waals surface area contributed by atoms with Crippen molar-refractivity contribution in [2.24, 2.45) is 18.9 Å². The third-order valence-corrected chi connectivity index (χ3v) is 7.30. The van der Waals surface area contributed by atoms with E-state index in [2.05, 4.69) is 38.4 Å². The second-order valence-corrected chi connectivity index (χ2v) is 10.4. The number of aromatic nitrogens is 4. The zero-order valence-corrected chi connectivity index (χ0v) is 20.8. The van der Waals surface area contributed by atoms with Gasteiger partial charge in [-0.3, -0.25) is 9.88 Å². The van der Waals surface area contributed by atoms with Gasteiger partial charge in [0, 0.05) is 37.9 Å². The molecule has 2 fully saturated rings. The Morgan fingerprint density at radius 1 is 1.17 bits per heavy atom. The van der Waals surface area contributed by atoms with Gasteiger partial charge >= 0.3 is 6.18 Å². The number of aryl methyl sites for hydroxylation is 1. The van der Waals surface area contributed by atoms with Crippen molar-refractivity contribution in [3.63, 3.8) is 0 Å². The van der Waals surface area contributed by atoms with Crippen LogP contribution in [0.2, 0.25) is 0 Å². The molecule has 36 heavy (non-hydrogen) atoms. The minimum atomic E-state index is -4.46. The van der Waals surface area contributed by atoms with Crippen molar-refractivity contribution in [1.29, 1.82) is 0 Å². The summed E-state index contributed by atoms with van der Waals surface area (Å²) in [7, 11) is 1.94. The van der Waals surface area contributed by atoms with Crippen LogP contribution < -0.4 is 5.32 Å². The number of rotatable bonds is 8. The molecule has 1 unspecified atom stereocenters. The van der Waals surface area contributed by atoms with Crippen molar-refractivity contribution in [2.45, 2.75) is 57.8 Å². The molecule has 5 rings (SSSR count). The van der Waals surface area contributed by atoms with Crippen LogP contribution in [0, 0.1) is 11.8 Å². The van der Waals surface area contributed by atoms with E-state index in [4.69, 9.17) is 0 Å². The van der Waals surface area contributed by atoms with Gasteiger partial charge in [0.15, 0.2) is 0 Å². The molecule has 1 aliphatic carbocycles. The minimum Gasteiger partial charge on any atom is -0.379 e. The van der Waals surface area contributed by atoms with Gasteiger partial charge in [0.05, 0.1) is 17.8 Å². The molecule has 3 aromatic rings. The molecule has 1 aromatic carbocycles. The number of likely N-dealkylation sites (tertiary alicyclic amines) is 1. The predicted octanol–water partition coefficient (Wildman–Crippen LogP) is 5.61. The number of benzene rings is 1. The van der Waals surface area contributed by atoms with Gasteiger partial charge in [0.2, 0.25) is 0 Å². The monoisotopic (exact) mass is 498 g/mol. The van der Waals surface area contributed by atoms with Crippen LogP contribution in [-0.4, -0.2) is 37.7 Å². The molecule has 2 aliphatic rings. The van der Waals surface area contributed by atoms with Crippen LogP contribution in [0.3, 0.4) is 0 Å². The maximum Gasteiger partial charge on any atom is 0.418 e. The lowest BCUT2D eigenvalue weighted by molar-refractivity contribution is -0.138. The normalized spacial score (nSPS) is 19.9. The van der Waals surface area contributed by atoms with Gasteiger partial charge in [0.1, 0.15) is 12.2 Å². The number of nitrogens with one attached hydrogen (secondary N) is 1. The fraction of sp³-hybridized carbons (Fsp3) is 0.519. The standard InChI is InChI=1S/C27H33F3N6/c1-18-5-4-10-36(15-18)16-19-11-23(27(28,29)30)24(32-13-19)14-31-22-7-3-6-21(12-22)25(20-8-9-20)26-34-33-17-35(26)2/h3,6-7,11-13,17-18,20,25,31H,4-5,8-10,14-16H2,1-2H3/t18-,25?/m0/s1. The summed E-state index contributed by atoms with van der Waals surface area (Å²) in [5.74, 6) is 2.12. The summed E-state index contributed by atoms with van der Waals surface area (Å²) in [5, 5.41) is 11.5. The van der Waals surface area contributed by atoms with E-state index in [1.807, 2.05) is 29.8 Å². The van der Waals surface area contributed by atoms with E-state index in [0.29, 0.717) is 23.9 Å². The second-order valence-electron chi connectivity index (χ2n) is 10.4. The zero-order valence-electron chi connectivity index (χ0n) is 20.8. The number of pyridine rings is 1. The Hall–Kier alpha value is -2.94. The van der Waals surface area contributed by atoms with Crippen molar-refractivity contribution in [3.05, 3.63) is 71.1 Å². The van der Waals surface area contributed by atoms with Gasteiger partial charge in [-0.1, -0.05) is 19.1 Å². The first-order valence-corrected chi connectivity index (χ1v) is 12.7. The van der Waals surface area contributed by atoms with Crippen LogP contribution in [-0.2, 0) is 26.3 Å². The Morgan fingerprint density at radius 2 is 2.00 bits per heavy atom. The Labute approximate surface area is 209 Å². The van der Waals surface area contributed by atoms with E-state index in [9.17, 15) is 13.2 Å². The Bertz CT molecular complexity index is 1190. The molecule has 2 aromatic heterocycles. The third kappa shape index (κ3) is 5.72. The highest BCUT2D eigenvalue weighted by Crippen LogP contribution is 2.46. The summed E-state index contributed by atoms with van der Waals surface area (Å²) in [5.41, 5.74) is 1.81. The van der Waals surface area contributed by atoms with E-state index >= 15 is 0 Å². The number of anilines is 1. The van der Waals surface area contributed by atoms with E-state index in [1.54, 1.807) is 12.5 Å². The maximum absolute atomic E-state index is 14.0. The lowest BCUT2D eigenvalue weighted by atomic mass is 9.93. The molecule has 1 aliphatic heterocycles. The summed E-state index contributed by atoms with van der Waals surface area (Å²) in [6.45, 7) is 4.52. The highest BCUT2D eigenvalue weighted by molar-refractivity contribution is 5.48. The molecule has 1 saturated carbocycles. The first kappa shape index (κ1) is 24.7. The fourth-order valence-corrected chi connectivity index (χ4v) is 5.36. The SMILES string of the molecule is C[C@H]1CCCN(Cc2cnc(CNc3cccc(C(c4nncn4C)C4CC4)c3)c(C(F)(F)F)c2)C1. The number of hydrogen-bond acceptors (Lipinski definition) is 5. The topological polar surface area (TPSA) is 58.9 Å². The molecule has 3 heterocycles. The third-order valence-electron chi connectivity index (χ3n) is 7.30. The molecule has 0 bridgehead atoms. The van der Waals surface area contributed by atoms with Crippen LogP contribution in [0.5, 0.6) is 0 Å². The summed E-state index contributed by atoms with van der Waals surface area (Å²) >= 11 is 0. The molecule has 1 N–H and O–H groups in total. The molecule has 6 nitrogen and oxygen atoms in total. The fourth-order valence-electron chi connectivity index (χ4n) is 5.36. The first-order valence-electron chi connectivity index (χ1n) is 12.7. The number of nitrogens with zero attached hydrogens (tertiary/aromatic N) is 5. The van der Waals surface area contributed by atoms with Crippen molar-refractivity contribution in [2.75, 3.05) is 18.4 Å². The van der Waals surface area contributed by atoms with Crippen molar-refractivity contribution in [3.8, 4) is 0 Å². The Kier molecular flexibility index (Phi) is 7.01. The average molecular weight is 499 g/mol. The minimum absolute atomic E-state index is 0.00260. The molecule has 2 atom stereocenters. The zero-order chi connectivity index (χ0) is 25.3. The smallest absolute Gasteiger partial charge is 0.379 e. The van der Waals surface area contributed by atoms with Crippen LogP contribution in [0.1, 0.15) is 66.7 Å². The van der Waals surface area contributed by atoms with E-state index < -0.39 is 11.7 Å². The van der Waals surface area contributed by atoms with Crippen LogP contribution in [0.4, 0.5) is 18.9 Å². The molecule has 0 radical (unpaired) electrons. The molecular weight excluding hydrogens is 465 g/mol. The van der Waals surface area contributed by atoms with Gasteiger partial charge in [-0.25, -0.2) is 0 Å². The summed E-state index contributed by atoms with van der Waals surface area (Å²) in [6, 6.07) is 9.15. The van der Waals surface area contributed by atoms with Crippen LogP contribution in [0.15, 0.2) is 42.9 Å². The van der Waals surface area contributed by atoms with E-state index in [-0.39, 0.29) is 18.2 Å². The Balaban J connectivity index is 1.32. The van der Waals surface area contributed by atoms with Crippen LogP contribution in [0.25, 0.3) is 0 Å². The predicted molar refractivity (Wildman–Crippen MR) is 132 cm³/mol. The van der Waals surface area contributed by atoms with Crippen LogP contribution >= 0.6 is 0 Å². The lowest BCUT2D eigenvalue weighted by Crippen LogP contribution is -2.33. The van der Waals surface area contributed by atoms with Gasteiger partial charge in [-0.2, -0.15) is 13.2 Å². The molecular formula is C27H33F3N6. The van der Waals surface area contributed by atoms with Gasteiger partial charge in [0.25, 0.3) is 0 Å². The quantitative estimate of drug-likeness (QED) is 0.437. The van der Waals surface area contributed by atoms with Gasteiger partial charge < -0.3 is 9.88 Å². The molecule has 1 saturated heterocycles. The molecule has 0 spiro atoms. The van der Waals surface area contributed by atoms with Gasteiger partial charge in [-0.15, -0.1) is 10.2 Å². The van der Waals surface area contributed by atoms with Crippen molar-refractivity contribution >= 4 is 5.69 Å². The number of hydrogen-bond donors (Lipinski definition) is 1. The largest absolute Gasteiger partial charge is 0.418 e. The second kappa shape index (κ2) is 10.2. The highest BCUT2D eigenvalue weighted by Gasteiger charge is 2.37. The summed E-state index contributed by atoms with van der Waals surface area (Å²) in [6.07, 6.45) is 3.37. The lowest BCUT2D eigenvalue weighted by Gasteiger charge is -2.31. The number of piperidine rings is 1. The molecule has 0 amide bonds. The summed E-state index contributed by atoms with van der Waals surface area (Å²) < 4.78 is 43.8. The van der Waals surface area contributed by atoms with Gasteiger partial charge in [-0.05, 0) is 73.4 Å². The van der Waals surface area contributed by atoms with Crippen molar-refractivity contribution < 1.29 is 13.2 Å². The van der Waals surface area contributed by atoms with E-state index in [0.717, 1.165) is 49.4 Å². The number of halogens is 3. The summed E-state index contributed by atoms with van der Waals surface area (Å²) in [4.78, 5) is 6.49. The number of alkyl halides is 3. The molecule has 9 heteroatoms. The molecule has 192 valence electrons. The first-order chi connectivity index (χ1) is 17.3. The van der Waals surface area contributed by atoms with E-state index in [1.165, 1.54) is 12.5 Å². The van der Waals surface area contributed by atoms with Crippen molar-refractivity contribution in [1.82, 2.24) is 24.6 Å². The Morgan fingerprint density at radius 3 is 2.69 bits per heavy atom. The average Bonchev–Trinajstić information content (AvgIpc) is 3.59.